The van der Waals surface area contributed by atoms with Crippen molar-refractivity contribution in [3.8, 4) is 28.3 Å². The molecule has 4 aromatic rings. The molecule has 0 radical (unpaired) electrons. The van der Waals surface area contributed by atoms with Crippen LogP contribution in [0, 0.1) is 10.8 Å². The van der Waals surface area contributed by atoms with Crippen molar-refractivity contribution in [1.82, 2.24) is 19.4 Å². The number of pyridine rings is 1. The summed E-state index contributed by atoms with van der Waals surface area (Å²) in [6.45, 7) is 2.51. The number of fused-ring (bicyclic) bond motifs is 3. The zero-order valence-corrected chi connectivity index (χ0v) is 29.9. The van der Waals surface area contributed by atoms with Crippen molar-refractivity contribution in [1.29, 1.82) is 0 Å². The smallest absolute Gasteiger partial charge is 0.311 e. The lowest BCUT2D eigenvalue weighted by atomic mass is 9.80. The van der Waals surface area contributed by atoms with Crippen LogP contribution in [0.1, 0.15) is 70.9 Å². The number of hydrogen-bond acceptors (Lipinski definition) is 8. The van der Waals surface area contributed by atoms with Crippen LogP contribution in [0.15, 0.2) is 48.5 Å². The molecule has 1 amide bonds. The molecule has 1 N–H and O–H groups in total. The van der Waals surface area contributed by atoms with Crippen LogP contribution >= 0.6 is 23.2 Å². The zero-order valence-electron chi connectivity index (χ0n) is 28.4. The van der Waals surface area contributed by atoms with Gasteiger partial charge in [-0.3, -0.25) is 19.3 Å². The molecule has 2 aromatic carbocycles. The maximum atomic E-state index is 13.7. The summed E-state index contributed by atoms with van der Waals surface area (Å²) in [5.74, 6) is 0.137. The number of rotatable bonds is 10. The molecule has 3 heterocycles. The van der Waals surface area contributed by atoms with Crippen LogP contribution in [0.3, 0.4) is 0 Å². The Morgan fingerprint density at radius 3 is 2.40 bits per heavy atom. The van der Waals surface area contributed by atoms with Gasteiger partial charge in [0.2, 0.25) is 5.88 Å². The van der Waals surface area contributed by atoms with Crippen LogP contribution in [0.4, 0.5) is 5.69 Å². The number of aldehydes is 1. The van der Waals surface area contributed by atoms with Gasteiger partial charge in [0.15, 0.2) is 12.1 Å². The maximum Gasteiger partial charge on any atom is 0.311 e. The largest absolute Gasteiger partial charge is 0.480 e. The molecule has 0 unspecified atom stereocenters. The highest BCUT2D eigenvalue weighted by atomic mass is 35.5. The molecular weight excluding hydrogens is 677 g/mol. The first-order valence-corrected chi connectivity index (χ1v) is 17.6. The van der Waals surface area contributed by atoms with E-state index in [9.17, 15) is 14.4 Å². The van der Waals surface area contributed by atoms with Gasteiger partial charge in [0.1, 0.15) is 0 Å². The highest BCUT2D eigenvalue weighted by molar-refractivity contribution is 6.39. The number of halogens is 2. The monoisotopic (exact) mass is 715 g/mol. The summed E-state index contributed by atoms with van der Waals surface area (Å²) >= 11 is 13.9. The minimum Gasteiger partial charge on any atom is -0.480 e. The van der Waals surface area contributed by atoms with E-state index in [1.165, 1.54) is 14.2 Å². The number of aromatic nitrogens is 3. The van der Waals surface area contributed by atoms with Gasteiger partial charge in [-0.15, -0.1) is 0 Å². The number of benzene rings is 2. The molecule has 2 bridgehead atoms. The molecule has 2 fully saturated rings. The topological polar surface area (TPSA) is 116 Å². The predicted octanol–water partition coefficient (Wildman–Crippen LogP) is 7.40. The Balaban J connectivity index is 1.06. The molecule has 50 heavy (non-hydrogen) atoms. The standard InChI is InChI=1S/C38H39Cl2N5O5/c1-44-30-12-18-45(19-17-37-13-15-38(22-37,16-14-37)36(48)50-3)20-29(30)41-33(44)34(47)42-28-9-5-7-25(32(28)40)24-6-4-8-26(31(24)39)27-11-10-23(21-46)35(43-27)49-2/h4-11,21H,12-20,22H2,1-3H3,(H,42,47). The fourth-order valence-electron chi connectivity index (χ4n) is 8.34. The van der Waals surface area contributed by atoms with Crippen LogP contribution < -0.4 is 10.1 Å². The van der Waals surface area contributed by atoms with Crippen LogP contribution in [0.2, 0.25) is 10.0 Å². The van der Waals surface area contributed by atoms with Crippen molar-refractivity contribution in [3.05, 3.63) is 81.4 Å². The van der Waals surface area contributed by atoms with E-state index in [4.69, 9.17) is 37.7 Å². The average Bonchev–Trinajstić information content (AvgIpc) is 3.82. The Morgan fingerprint density at radius 1 is 0.960 bits per heavy atom. The van der Waals surface area contributed by atoms with Gasteiger partial charge in [0.25, 0.3) is 5.91 Å². The van der Waals surface area contributed by atoms with Gasteiger partial charge in [-0.25, -0.2) is 9.97 Å². The first kappa shape index (κ1) is 34.2. The van der Waals surface area contributed by atoms with E-state index in [0.717, 1.165) is 69.4 Å². The number of amides is 1. The molecule has 12 heteroatoms. The van der Waals surface area contributed by atoms with Crippen LogP contribution in [-0.4, -0.2) is 64.9 Å². The SMILES string of the molecule is COC(=O)C12CCC(CCN3CCc4c(nc(C(=O)Nc5cccc(-c6cccc(-c7ccc(C=O)c(OC)n7)c6Cl)c5Cl)n4C)C3)(CC1)C2. The summed E-state index contributed by atoms with van der Waals surface area (Å²) in [5.41, 5.74) is 5.15. The third kappa shape index (κ3) is 5.97. The van der Waals surface area contributed by atoms with Crippen molar-refractivity contribution in [2.45, 2.75) is 51.5 Å². The number of nitrogens with zero attached hydrogens (tertiary/aromatic N) is 4. The number of hydrogen-bond donors (Lipinski definition) is 1. The molecule has 3 aliphatic rings. The van der Waals surface area contributed by atoms with Crippen molar-refractivity contribution < 1.29 is 23.9 Å². The summed E-state index contributed by atoms with van der Waals surface area (Å²) in [5, 5.41) is 3.72. The number of anilines is 1. The Kier molecular flexibility index (Phi) is 9.21. The number of ether oxygens (including phenoxy) is 2. The minimum absolute atomic E-state index is 0.0392. The summed E-state index contributed by atoms with van der Waals surface area (Å²) < 4.78 is 12.3. The number of methoxy groups -OCH3 is 2. The average molecular weight is 717 g/mol. The van der Waals surface area contributed by atoms with Crippen LogP contribution in [0.25, 0.3) is 22.4 Å². The van der Waals surface area contributed by atoms with E-state index >= 15 is 0 Å². The van der Waals surface area contributed by atoms with Crippen molar-refractivity contribution in [3.63, 3.8) is 0 Å². The van der Waals surface area contributed by atoms with Gasteiger partial charge in [-0.05, 0) is 68.7 Å². The van der Waals surface area contributed by atoms with Gasteiger partial charge in [0.05, 0.1) is 52.3 Å². The van der Waals surface area contributed by atoms with E-state index in [0.29, 0.717) is 62.3 Å². The Morgan fingerprint density at radius 2 is 1.68 bits per heavy atom. The second kappa shape index (κ2) is 13.5. The number of nitrogens with one attached hydrogen (secondary N) is 1. The van der Waals surface area contributed by atoms with E-state index in [2.05, 4.69) is 15.2 Å². The lowest BCUT2D eigenvalue weighted by molar-refractivity contribution is -0.152. The maximum absolute atomic E-state index is 13.7. The zero-order chi connectivity index (χ0) is 35.2. The van der Waals surface area contributed by atoms with Crippen LogP contribution in [-0.2, 0) is 29.5 Å². The quantitative estimate of drug-likeness (QED) is 0.133. The fraction of sp³-hybridized carbons (Fsp3) is 0.395. The van der Waals surface area contributed by atoms with Crippen molar-refractivity contribution >= 4 is 47.1 Å². The Hall–Kier alpha value is -4.25. The lowest BCUT2D eigenvalue weighted by Gasteiger charge is -2.32. The third-order valence-electron chi connectivity index (χ3n) is 11.1. The summed E-state index contributed by atoms with van der Waals surface area (Å²) in [7, 11) is 4.84. The predicted molar refractivity (Wildman–Crippen MR) is 192 cm³/mol. The molecule has 10 nitrogen and oxygen atoms in total. The molecular formula is C38H39Cl2N5O5. The van der Waals surface area contributed by atoms with E-state index in [1.54, 1.807) is 18.2 Å². The van der Waals surface area contributed by atoms with Gasteiger partial charge in [-0.2, -0.15) is 0 Å². The van der Waals surface area contributed by atoms with Gasteiger partial charge < -0.3 is 19.4 Å². The van der Waals surface area contributed by atoms with Crippen molar-refractivity contribution in [2.75, 3.05) is 32.6 Å². The number of carbonyl (C=O) groups excluding carboxylic acids is 3. The third-order valence-corrected chi connectivity index (χ3v) is 11.9. The number of esters is 1. The molecule has 2 saturated carbocycles. The Labute approximate surface area is 301 Å². The number of carbonyl (C=O) groups is 3. The molecule has 0 atom stereocenters. The molecule has 1 aliphatic heterocycles. The second-order valence-corrected chi connectivity index (χ2v) is 14.6. The highest BCUT2D eigenvalue weighted by Gasteiger charge is 2.58. The highest BCUT2D eigenvalue weighted by Crippen LogP contribution is 2.63. The second-order valence-electron chi connectivity index (χ2n) is 13.8. The summed E-state index contributed by atoms with van der Waals surface area (Å²) in [6, 6.07) is 14.3. The van der Waals surface area contributed by atoms with Crippen LogP contribution in [0.5, 0.6) is 5.88 Å². The molecule has 0 spiro atoms. The van der Waals surface area contributed by atoms with Gasteiger partial charge in [0, 0.05) is 48.9 Å². The first-order chi connectivity index (χ1) is 24.1. The molecule has 2 aromatic heterocycles. The van der Waals surface area contributed by atoms with Crippen molar-refractivity contribution in [2.24, 2.45) is 17.9 Å². The van der Waals surface area contributed by atoms with E-state index in [1.807, 2.05) is 41.9 Å². The van der Waals surface area contributed by atoms with E-state index < -0.39 is 0 Å². The molecule has 260 valence electrons. The molecule has 7 rings (SSSR count). The summed E-state index contributed by atoms with van der Waals surface area (Å²) in [6.07, 6.45) is 7.50. The first-order valence-electron chi connectivity index (χ1n) is 16.9. The molecule has 0 saturated heterocycles. The van der Waals surface area contributed by atoms with Gasteiger partial charge >= 0.3 is 5.97 Å². The Bertz CT molecular complexity index is 2000. The minimum atomic E-state index is -0.353. The number of imidazole rings is 1. The van der Waals surface area contributed by atoms with Gasteiger partial charge in [-0.1, -0.05) is 53.5 Å². The van der Waals surface area contributed by atoms with E-state index in [-0.39, 0.29) is 28.6 Å². The lowest BCUT2D eigenvalue weighted by Crippen LogP contribution is -2.34. The molecule has 2 aliphatic carbocycles. The summed E-state index contributed by atoms with van der Waals surface area (Å²) in [4.78, 5) is 49.2. The normalized spacial score (nSPS) is 21.1. The fourth-order valence-corrected chi connectivity index (χ4v) is 8.94.